The first kappa shape index (κ1) is 19.9. The molecule has 0 aliphatic heterocycles. The third-order valence-corrected chi connectivity index (χ3v) is 3.86. The van der Waals surface area contributed by atoms with Gasteiger partial charge >= 0.3 is 0 Å². The topological polar surface area (TPSA) is 56.8 Å². The molecule has 0 heterocycles. The number of nitrogens with one attached hydrogen (secondary N) is 1. The lowest BCUT2D eigenvalue weighted by molar-refractivity contribution is -0.118. The van der Waals surface area contributed by atoms with Gasteiger partial charge in [-0.3, -0.25) is 4.79 Å². The Hall–Kier alpha value is -2.40. The molecule has 26 heavy (non-hydrogen) atoms. The van der Waals surface area contributed by atoms with E-state index in [-0.39, 0.29) is 12.5 Å². The minimum atomic E-state index is -0.306. The van der Waals surface area contributed by atoms with Crippen molar-refractivity contribution in [3.8, 4) is 17.2 Å². The highest BCUT2D eigenvalue weighted by molar-refractivity contribution is 6.31. The zero-order chi connectivity index (χ0) is 18.8. The Bertz CT molecular complexity index is 721. The number of unbranched alkanes of at least 4 members (excludes halogenated alkanes) is 2. The van der Waals surface area contributed by atoms with Crippen molar-refractivity contribution in [2.75, 3.05) is 25.6 Å². The normalized spacial score (nSPS) is 10.3. The van der Waals surface area contributed by atoms with Gasteiger partial charge in [-0.25, -0.2) is 0 Å². The zero-order valence-electron chi connectivity index (χ0n) is 15.1. The van der Waals surface area contributed by atoms with Gasteiger partial charge in [0.2, 0.25) is 0 Å². The standard InChI is InChI=1S/C20H24ClNO4/c1-3-4-5-11-25-16-7-6-8-17(13-16)26-14-20(23)22-18-12-15(21)9-10-19(18)24-2/h6-10,12-13H,3-5,11,14H2,1-2H3,(H,22,23). The summed E-state index contributed by atoms with van der Waals surface area (Å²) in [5.41, 5.74) is 0.501. The Balaban J connectivity index is 1.86. The van der Waals surface area contributed by atoms with E-state index in [1.807, 2.05) is 12.1 Å². The van der Waals surface area contributed by atoms with Gasteiger partial charge in [0.15, 0.2) is 6.61 Å². The van der Waals surface area contributed by atoms with E-state index >= 15 is 0 Å². The van der Waals surface area contributed by atoms with Gasteiger partial charge in [0.25, 0.3) is 5.91 Å². The predicted octanol–water partition coefficient (Wildman–Crippen LogP) is 4.94. The molecule has 0 fully saturated rings. The maximum Gasteiger partial charge on any atom is 0.262 e. The summed E-state index contributed by atoms with van der Waals surface area (Å²) in [6.07, 6.45) is 3.31. The summed E-state index contributed by atoms with van der Waals surface area (Å²) in [6, 6.07) is 12.3. The molecule has 2 aromatic carbocycles. The van der Waals surface area contributed by atoms with Gasteiger partial charge in [0.1, 0.15) is 17.2 Å². The highest BCUT2D eigenvalue weighted by atomic mass is 35.5. The summed E-state index contributed by atoms with van der Waals surface area (Å²) in [5, 5.41) is 3.24. The number of anilines is 1. The van der Waals surface area contributed by atoms with Crippen LogP contribution in [0.5, 0.6) is 17.2 Å². The van der Waals surface area contributed by atoms with Crippen molar-refractivity contribution in [2.45, 2.75) is 26.2 Å². The van der Waals surface area contributed by atoms with Gasteiger partial charge in [0, 0.05) is 11.1 Å². The Kier molecular flexibility index (Phi) is 8.09. The molecule has 0 atom stereocenters. The largest absolute Gasteiger partial charge is 0.495 e. The number of amides is 1. The molecule has 1 amide bonds. The number of methoxy groups -OCH3 is 1. The van der Waals surface area contributed by atoms with E-state index in [1.165, 1.54) is 7.11 Å². The van der Waals surface area contributed by atoms with Crippen molar-refractivity contribution in [2.24, 2.45) is 0 Å². The van der Waals surface area contributed by atoms with Crippen LogP contribution >= 0.6 is 11.6 Å². The van der Waals surface area contributed by atoms with Crippen molar-refractivity contribution in [3.63, 3.8) is 0 Å². The first-order chi connectivity index (χ1) is 12.6. The van der Waals surface area contributed by atoms with E-state index in [0.717, 1.165) is 25.0 Å². The van der Waals surface area contributed by atoms with E-state index in [2.05, 4.69) is 12.2 Å². The molecule has 140 valence electrons. The Labute approximate surface area is 159 Å². The molecule has 6 heteroatoms. The van der Waals surface area contributed by atoms with E-state index in [1.54, 1.807) is 30.3 Å². The number of hydrogen-bond donors (Lipinski definition) is 1. The van der Waals surface area contributed by atoms with E-state index in [9.17, 15) is 4.79 Å². The van der Waals surface area contributed by atoms with Crippen LogP contribution < -0.4 is 19.5 Å². The third-order valence-electron chi connectivity index (χ3n) is 3.63. The average Bonchev–Trinajstić information content (AvgIpc) is 2.64. The zero-order valence-corrected chi connectivity index (χ0v) is 15.8. The van der Waals surface area contributed by atoms with Crippen molar-refractivity contribution < 1.29 is 19.0 Å². The van der Waals surface area contributed by atoms with Gasteiger partial charge in [-0.15, -0.1) is 0 Å². The molecule has 0 aliphatic carbocycles. The number of carbonyl (C=O) groups excluding carboxylic acids is 1. The minimum absolute atomic E-state index is 0.130. The predicted molar refractivity (Wildman–Crippen MR) is 104 cm³/mol. The summed E-state index contributed by atoms with van der Waals surface area (Å²) < 4.78 is 16.4. The number of halogens is 1. The van der Waals surface area contributed by atoms with Gasteiger partial charge in [-0.2, -0.15) is 0 Å². The summed E-state index contributed by atoms with van der Waals surface area (Å²) in [7, 11) is 1.53. The molecule has 0 spiro atoms. The molecule has 0 saturated heterocycles. The van der Waals surface area contributed by atoms with Crippen LogP contribution in [0.2, 0.25) is 5.02 Å². The molecule has 5 nitrogen and oxygen atoms in total. The number of hydrogen-bond acceptors (Lipinski definition) is 4. The molecule has 0 aromatic heterocycles. The molecule has 2 aromatic rings. The second-order valence-corrected chi connectivity index (χ2v) is 6.15. The fraction of sp³-hybridized carbons (Fsp3) is 0.350. The Morgan fingerprint density at radius 3 is 2.58 bits per heavy atom. The third kappa shape index (κ3) is 6.48. The number of carbonyl (C=O) groups is 1. The van der Waals surface area contributed by atoms with Crippen LogP contribution in [0.25, 0.3) is 0 Å². The minimum Gasteiger partial charge on any atom is -0.495 e. The van der Waals surface area contributed by atoms with Gasteiger partial charge in [-0.1, -0.05) is 37.4 Å². The monoisotopic (exact) mass is 377 g/mol. The van der Waals surface area contributed by atoms with Crippen molar-refractivity contribution >= 4 is 23.2 Å². The van der Waals surface area contributed by atoms with Crippen LogP contribution in [0.1, 0.15) is 26.2 Å². The lowest BCUT2D eigenvalue weighted by Gasteiger charge is -2.12. The van der Waals surface area contributed by atoms with Gasteiger partial charge in [-0.05, 0) is 36.8 Å². The fourth-order valence-electron chi connectivity index (χ4n) is 2.31. The first-order valence-electron chi connectivity index (χ1n) is 8.61. The molecule has 0 radical (unpaired) electrons. The van der Waals surface area contributed by atoms with Crippen LogP contribution in [0.3, 0.4) is 0 Å². The number of benzene rings is 2. The Morgan fingerprint density at radius 1 is 1.08 bits per heavy atom. The van der Waals surface area contributed by atoms with Gasteiger partial charge in [0.05, 0.1) is 19.4 Å². The second-order valence-electron chi connectivity index (χ2n) is 5.71. The summed E-state index contributed by atoms with van der Waals surface area (Å²) in [6.45, 7) is 2.69. The number of ether oxygens (including phenoxy) is 3. The lowest BCUT2D eigenvalue weighted by atomic mass is 10.2. The van der Waals surface area contributed by atoms with Crippen LogP contribution in [-0.2, 0) is 4.79 Å². The highest BCUT2D eigenvalue weighted by Crippen LogP contribution is 2.27. The van der Waals surface area contributed by atoms with Crippen LogP contribution in [0, 0.1) is 0 Å². The van der Waals surface area contributed by atoms with Crippen molar-refractivity contribution in [1.29, 1.82) is 0 Å². The SMILES string of the molecule is CCCCCOc1cccc(OCC(=O)Nc2cc(Cl)ccc2OC)c1. The van der Waals surface area contributed by atoms with E-state index < -0.39 is 0 Å². The first-order valence-corrected chi connectivity index (χ1v) is 8.99. The van der Waals surface area contributed by atoms with Crippen LogP contribution in [0.4, 0.5) is 5.69 Å². The molecule has 0 saturated carbocycles. The molecule has 0 unspecified atom stereocenters. The second kappa shape index (κ2) is 10.6. The highest BCUT2D eigenvalue weighted by Gasteiger charge is 2.09. The maximum absolute atomic E-state index is 12.1. The van der Waals surface area contributed by atoms with Gasteiger partial charge < -0.3 is 19.5 Å². The molecular formula is C20H24ClNO4. The number of rotatable bonds is 10. The van der Waals surface area contributed by atoms with Crippen molar-refractivity contribution in [3.05, 3.63) is 47.5 Å². The maximum atomic E-state index is 12.1. The summed E-state index contributed by atoms with van der Waals surface area (Å²) >= 11 is 5.96. The lowest BCUT2D eigenvalue weighted by Crippen LogP contribution is -2.20. The molecule has 1 N–H and O–H groups in total. The Morgan fingerprint density at radius 2 is 1.85 bits per heavy atom. The molecular weight excluding hydrogens is 354 g/mol. The smallest absolute Gasteiger partial charge is 0.262 e. The quantitative estimate of drug-likeness (QED) is 0.596. The van der Waals surface area contributed by atoms with E-state index in [4.69, 9.17) is 25.8 Å². The van der Waals surface area contributed by atoms with Crippen molar-refractivity contribution in [1.82, 2.24) is 0 Å². The van der Waals surface area contributed by atoms with E-state index in [0.29, 0.717) is 28.8 Å². The van der Waals surface area contributed by atoms with Crippen LogP contribution in [-0.4, -0.2) is 26.2 Å². The van der Waals surface area contributed by atoms with Crippen LogP contribution in [0.15, 0.2) is 42.5 Å². The summed E-state index contributed by atoms with van der Waals surface area (Å²) in [5.74, 6) is 1.53. The molecule has 2 rings (SSSR count). The average molecular weight is 378 g/mol. The molecule has 0 bridgehead atoms. The fourth-order valence-corrected chi connectivity index (χ4v) is 2.48. The molecule has 0 aliphatic rings. The summed E-state index contributed by atoms with van der Waals surface area (Å²) in [4.78, 5) is 12.1.